The van der Waals surface area contributed by atoms with E-state index in [1.165, 1.54) is 31.2 Å². The largest absolute Gasteiger partial charge is 0.359 e. The van der Waals surface area contributed by atoms with E-state index in [2.05, 4.69) is 294 Å². The molecule has 0 aliphatic carbocycles. The molecule has 0 saturated heterocycles. The first-order valence-corrected chi connectivity index (χ1v) is 36.3. The molecule has 12 heteroatoms. The summed E-state index contributed by atoms with van der Waals surface area (Å²) in [5.41, 5.74) is 3.76. The van der Waals surface area contributed by atoms with Crippen molar-refractivity contribution in [2.45, 2.75) is 289 Å². The van der Waals surface area contributed by atoms with Gasteiger partial charge in [-0.25, -0.2) is 4.98 Å². The summed E-state index contributed by atoms with van der Waals surface area (Å²) >= 11 is 0. The van der Waals surface area contributed by atoms with Crippen LogP contribution in [0, 0.1) is 57.2 Å². The number of pyridine rings is 1. The molecule has 12 nitrogen and oxygen atoms in total. The van der Waals surface area contributed by atoms with Crippen LogP contribution in [-0.4, -0.2) is 123 Å². The number of hydrogen-bond acceptors (Lipinski definition) is 10. The van der Waals surface area contributed by atoms with E-state index in [0.717, 1.165) is 68.6 Å². The van der Waals surface area contributed by atoms with E-state index in [1.54, 1.807) is 23.6 Å². The molecule has 2 aromatic carbocycles. The standard InChI is InChI=1S/C17H31N3.C16H31N5.2C8H17NO.C7H8.C6H6.2C6H14.2C3H8.2C2H6/c1-16(2,3)12-19(7)14-10-9-11-15(18-14)20(8)13-17(4,5)6;1-12-17-13(20(8)10-15(2,3)4)19-14(18-12)21(9)11-16(5,6)7;2*1-7(10)9(5)6-8(2,3)4;1-7-5-3-2-4-6-7;1-2-4-6-5-3-1;2*1-5-6(2,3)4;2*1-3-2;2*1-2/h9-11H,12-13H2,1-8H3;10-11H2,1-9H3;2*6H2,1-5H3;2-6H,1H3;1-6H;2*5H2,1-4H3;2*3H2,1-2H3;2*1-2H3. The molecular formula is C84H166N10O2. The van der Waals surface area contributed by atoms with Crippen molar-refractivity contribution in [3.05, 3.63) is 96.3 Å². The Hall–Kier alpha value is -5.26. The molecule has 0 saturated carbocycles. The fourth-order valence-electron chi connectivity index (χ4n) is 7.35. The Kier molecular flexibility index (Phi) is 61.8. The predicted molar refractivity (Wildman–Crippen MR) is 437 cm³/mol. The summed E-state index contributed by atoms with van der Waals surface area (Å²) in [4.78, 5) is 52.0. The molecule has 564 valence electrons. The Morgan fingerprint density at radius 1 is 0.312 bits per heavy atom. The van der Waals surface area contributed by atoms with Gasteiger partial charge in [-0.2, -0.15) is 15.0 Å². The fraction of sp³-hybridized carbons (Fsp3) is 0.738. The van der Waals surface area contributed by atoms with E-state index >= 15 is 0 Å². The van der Waals surface area contributed by atoms with Gasteiger partial charge in [0.1, 0.15) is 17.5 Å². The number of aryl methyl sites for hydroxylation is 2. The minimum atomic E-state index is 0.134. The van der Waals surface area contributed by atoms with Gasteiger partial charge in [0.25, 0.3) is 0 Å². The predicted octanol–water partition coefficient (Wildman–Crippen LogP) is 23.7. The number of carbonyl (C=O) groups excluding carboxylic acids is 2. The summed E-state index contributed by atoms with van der Waals surface area (Å²) in [5.74, 6) is 4.60. The third kappa shape index (κ3) is 83.0. The zero-order chi connectivity index (χ0) is 77.9. The first-order chi connectivity index (χ1) is 43.3. The van der Waals surface area contributed by atoms with Crippen LogP contribution in [0.3, 0.4) is 0 Å². The number of carbonyl (C=O) groups is 2. The van der Waals surface area contributed by atoms with Crippen LogP contribution in [0.4, 0.5) is 23.5 Å². The summed E-state index contributed by atoms with van der Waals surface area (Å²) in [6.07, 6.45) is 5.04. The van der Waals surface area contributed by atoms with Crippen LogP contribution in [0.1, 0.15) is 286 Å². The lowest BCUT2D eigenvalue weighted by molar-refractivity contribution is -0.129. The van der Waals surface area contributed by atoms with E-state index in [0.29, 0.717) is 10.8 Å². The molecule has 4 rings (SSSR count). The van der Waals surface area contributed by atoms with Crippen molar-refractivity contribution in [1.82, 2.24) is 29.7 Å². The normalized spacial score (nSPS) is 10.8. The molecule has 0 bridgehead atoms. The summed E-state index contributed by atoms with van der Waals surface area (Å²) in [7, 11) is 11.9. The van der Waals surface area contributed by atoms with Crippen molar-refractivity contribution in [1.29, 1.82) is 0 Å². The van der Waals surface area contributed by atoms with Gasteiger partial charge in [0.05, 0.1) is 0 Å². The lowest BCUT2D eigenvalue weighted by Crippen LogP contribution is -2.33. The van der Waals surface area contributed by atoms with Crippen LogP contribution >= 0.6 is 0 Å². The second-order valence-corrected chi connectivity index (χ2v) is 34.4. The van der Waals surface area contributed by atoms with Crippen molar-refractivity contribution in [2.75, 3.05) is 101 Å². The third-order valence-corrected chi connectivity index (χ3v) is 12.0. The first kappa shape index (κ1) is 107. The SMILES string of the molecule is CC.CC.CC(=O)N(C)CC(C)(C)C.CC(=O)N(C)CC(C)(C)C.CCC.CCC.CCC(C)(C)C.CCC(C)(C)C.CN(CC(C)(C)C)c1cccc(N(C)CC(C)(C)C)n1.Cc1ccccc1.Cc1nc(N(C)CC(C)(C)C)nc(N(C)CC(C)(C)C)n1.c1ccccc1. The zero-order valence-corrected chi connectivity index (χ0v) is 72.4. The van der Waals surface area contributed by atoms with Crippen LogP contribution < -0.4 is 19.6 Å². The number of aromatic nitrogens is 4. The average molecular weight is 1350 g/mol. The molecule has 2 amide bonds. The maximum Gasteiger partial charge on any atom is 0.230 e. The van der Waals surface area contributed by atoms with Gasteiger partial charge in [-0.05, 0) is 69.3 Å². The Bertz CT molecular complexity index is 2240. The Labute approximate surface area is 601 Å². The lowest BCUT2D eigenvalue weighted by Gasteiger charge is -2.30. The van der Waals surface area contributed by atoms with Crippen molar-refractivity contribution in [3.63, 3.8) is 0 Å². The van der Waals surface area contributed by atoms with Crippen molar-refractivity contribution < 1.29 is 9.59 Å². The van der Waals surface area contributed by atoms with Gasteiger partial charge < -0.3 is 29.4 Å². The highest BCUT2D eigenvalue weighted by molar-refractivity contribution is 5.73. The topological polar surface area (TPSA) is 105 Å². The number of amides is 2. The molecule has 0 atom stereocenters. The zero-order valence-electron chi connectivity index (χ0n) is 72.4. The van der Waals surface area contributed by atoms with Crippen LogP contribution in [0.5, 0.6) is 0 Å². The molecule has 0 spiro atoms. The van der Waals surface area contributed by atoms with Crippen LogP contribution in [0.2, 0.25) is 0 Å². The Morgan fingerprint density at radius 3 is 0.688 bits per heavy atom. The molecular weight excluding hydrogens is 1180 g/mol. The van der Waals surface area contributed by atoms with E-state index in [4.69, 9.17) is 4.98 Å². The molecule has 0 fully saturated rings. The lowest BCUT2D eigenvalue weighted by atomic mass is 9.94. The van der Waals surface area contributed by atoms with Gasteiger partial charge in [0.15, 0.2) is 0 Å². The average Bonchev–Trinajstić information content (AvgIpc) is 0.869. The highest BCUT2D eigenvalue weighted by Crippen LogP contribution is 2.25. The minimum absolute atomic E-state index is 0.134. The van der Waals surface area contributed by atoms with Gasteiger partial charge in [0.2, 0.25) is 23.7 Å². The smallest absolute Gasteiger partial charge is 0.230 e. The molecule has 0 radical (unpaired) electrons. The second-order valence-electron chi connectivity index (χ2n) is 34.4. The maximum absolute atomic E-state index is 10.7. The van der Waals surface area contributed by atoms with Crippen LogP contribution in [0.15, 0.2) is 84.9 Å². The number of hydrogen-bond donors (Lipinski definition) is 0. The number of rotatable bonds is 10. The Balaban J connectivity index is -0.000000157. The van der Waals surface area contributed by atoms with Gasteiger partial charge in [-0.15, -0.1) is 0 Å². The molecule has 0 N–H and O–H groups in total. The Morgan fingerprint density at radius 2 is 0.521 bits per heavy atom. The van der Waals surface area contributed by atoms with Gasteiger partial charge in [-0.3, -0.25) is 9.59 Å². The number of benzene rings is 2. The van der Waals surface area contributed by atoms with Gasteiger partial charge in [0, 0.05) is 95.4 Å². The number of anilines is 4. The summed E-state index contributed by atoms with van der Waals surface area (Å²) in [6, 6.07) is 28.5. The van der Waals surface area contributed by atoms with Gasteiger partial charge in [-0.1, -0.05) is 339 Å². The van der Waals surface area contributed by atoms with Crippen molar-refractivity contribution >= 4 is 35.3 Å². The van der Waals surface area contributed by atoms with E-state index in [1.807, 2.05) is 117 Å². The third-order valence-electron chi connectivity index (χ3n) is 12.0. The summed E-state index contributed by atoms with van der Waals surface area (Å²) in [5, 5.41) is 0. The molecule has 0 aliphatic heterocycles. The van der Waals surface area contributed by atoms with Gasteiger partial charge >= 0.3 is 0 Å². The molecule has 4 aromatic rings. The fourth-order valence-corrected chi connectivity index (χ4v) is 7.35. The highest BCUT2D eigenvalue weighted by atomic mass is 16.2. The highest BCUT2D eigenvalue weighted by Gasteiger charge is 2.22. The maximum atomic E-state index is 10.7. The molecule has 0 aliphatic rings. The molecule has 96 heavy (non-hydrogen) atoms. The quantitative estimate of drug-likeness (QED) is 0.152. The monoisotopic (exact) mass is 1350 g/mol. The van der Waals surface area contributed by atoms with Crippen molar-refractivity contribution in [2.24, 2.45) is 43.3 Å². The van der Waals surface area contributed by atoms with Crippen LogP contribution in [0.25, 0.3) is 0 Å². The van der Waals surface area contributed by atoms with E-state index in [-0.39, 0.29) is 44.3 Å². The second kappa shape index (κ2) is 55.6. The molecule has 2 heterocycles. The summed E-state index contributed by atoms with van der Waals surface area (Å²) < 4.78 is 0. The minimum Gasteiger partial charge on any atom is -0.359 e. The number of nitrogens with zero attached hydrogens (tertiary/aromatic N) is 10. The van der Waals surface area contributed by atoms with E-state index in [9.17, 15) is 9.59 Å². The molecule has 2 aromatic heterocycles. The first-order valence-electron chi connectivity index (χ1n) is 36.3. The summed E-state index contributed by atoms with van der Waals surface area (Å²) in [6.45, 7) is 86.5. The van der Waals surface area contributed by atoms with E-state index < -0.39 is 0 Å². The van der Waals surface area contributed by atoms with Crippen molar-refractivity contribution in [3.8, 4) is 0 Å². The molecule has 0 unspecified atom stereocenters. The van der Waals surface area contributed by atoms with Crippen LogP contribution in [-0.2, 0) is 9.59 Å².